The minimum Gasteiger partial charge on any atom is -0.480 e. The van der Waals surface area contributed by atoms with E-state index in [9.17, 15) is 14.7 Å². The number of nitrogens with one attached hydrogen (secondary N) is 1. The first-order valence-electron chi connectivity index (χ1n) is 6.52. The summed E-state index contributed by atoms with van der Waals surface area (Å²) in [5.74, 6) is -1.23. The molecule has 2 atom stereocenters. The third-order valence-corrected chi connectivity index (χ3v) is 3.03. The van der Waals surface area contributed by atoms with Crippen molar-refractivity contribution in [2.75, 3.05) is 6.54 Å². The molecule has 0 heterocycles. The highest BCUT2D eigenvalue weighted by Gasteiger charge is 2.35. The smallest absolute Gasteiger partial charge is 0.329 e. The van der Waals surface area contributed by atoms with Crippen molar-refractivity contribution in [2.45, 2.75) is 52.5 Å². The Balaban J connectivity index is 4.72. The van der Waals surface area contributed by atoms with Gasteiger partial charge in [-0.3, -0.25) is 4.79 Å². The molecule has 5 heteroatoms. The van der Waals surface area contributed by atoms with Crippen molar-refractivity contribution in [1.82, 2.24) is 5.32 Å². The molecule has 4 N–H and O–H groups in total. The van der Waals surface area contributed by atoms with Crippen molar-refractivity contribution < 1.29 is 14.7 Å². The highest BCUT2D eigenvalue weighted by molar-refractivity contribution is 5.87. The zero-order valence-electron chi connectivity index (χ0n) is 11.8. The van der Waals surface area contributed by atoms with E-state index in [1.165, 1.54) is 0 Å². The molecule has 18 heavy (non-hydrogen) atoms. The maximum absolute atomic E-state index is 12.1. The largest absolute Gasteiger partial charge is 0.480 e. The number of carboxylic acids is 1. The molecule has 106 valence electrons. The van der Waals surface area contributed by atoms with Crippen LogP contribution >= 0.6 is 0 Å². The zero-order valence-corrected chi connectivity index (χ0v) is 11.8. The summed E-state index contributed by atoms with van der Waals surface area (Å²) in [4.78, 5) is 23.3. The van der Waals surface area contributed by atoms with E-state index in [4.69, 9.17) is 5.73 Å². The molecule has 0 rings (SSSR count). The van der Waals surface area contributed by atoms with Crippen LogP contribution in [0.4, 0.5) is 0 Å². The summed E-state index contributed by atoms with van der Waals surface area (Å²) >= 11 is 0. The standard InChI is InChI=1S/C13H26N2O3/c1-5-6-13(4,12(17)18)15-11(16)10(8-14)7-9(2)3/h9-10H,5-8,14H2,1-4H3,(H,15,16)(H,17,18). The van der Waals surface area contributed by atoms with Crippen LogP contribution in [0.1, 0.15) is 47.0 Å². The zero-order chi connectivity index (χ0) is 14.3. The number of rotatable bonds is 8. The molecule has 0 aromatic heterocycles. The number of aliphatic carboxylic acids is 1. The maximum atomic E-state index is 12.1. The molecule has 0 aliphatic carbocycles. The number of carboxylic acid groups (broad SMARTS) is 1. The first-order valence-corrected chi connectivity index (χ1v) is 6.52. The molecule has 1 amide bonds. The summed E-state index contributed by atoms with van der Waals surface area (Å²) in [6.07, 6.45) is 1.78. The molecule has 0 saturated heterocycles. The molecule has 0 aliphatic heterocycles. The van der Waals surface area contributed by atoms with Gasteiger partial charge in [-0.2, -0.15) is 0 Å². The van der Waals surface area contributed by atoms with Crippen LogP contribution in [-0.4, -0.2) is 29.1 Å². The lowest BCUT2D eigenvalue weighted by Crippen LogP contribution is -2.54. The molecule has 0 radical (unpaired) electrons. The third kappa shape index (κ3) is 5.04. The average molecular weight is 258 g/mol. The summed E-state index contributed by atoms with van der Waals surface area (Å²) in [6, 6.07) is 0. The van der Waals surface area contributed by atoms with E-state index < -0.39 is 11.5 Å². The highest BCUT2D eigenvalue weighted by atomic mass is 16.4. The summed E-state index contributed by atoms with van der Waals surface area (Å²) in [6.45, 7) is 7.70. The van der Waals surface area contributed by atoms with E-state index in [0.29, 0.717) is 25.2 Å². The Morgan fingerprint density at radius 1 is 1.39 bits per heavy atom. The predicted molar refractivity (Wildman–Crippen MR) is 71.1 cm³/mol. The lowest BCUT2D eigenvalue weighted by Gasteiger charge is -2.28. The Kier molecular flexibility index (Phi) is 6.91. The molecule has 0 saturated carbocycles. The number of nitrogens with two attached hydrogens (primary N) is 1. The molecule has 0 aromatic carbocycles. The first-order chi connectivity index (χ1) is 8.26. The molecule has 0 bridgehead atoms. The van der Waals surface area contributed by atoms with Crippen LogP contribution in [-0.2, 0) is 9.59 Å². The Morgan fingerprint density at radius 3 is 2.28 bits per heavy atom. The molecular formula is C13H26N2O3. The van der Waals surface area contributed by atoms with Gasteiger partial charge in [-0.15, -0.1) is 0 Å². The van der Waals surface area contributed by atoms with E-state index in [-0.39, 0.29) is 18.4 Å². The second kappa shape index (κ2) is 7.36. The quantitative estimate of drug-likeness (QED) is 0.613. The van der Waals surface area contributed by atoms with Gasteiger partial charge in [0.2, 0.25) is 5.91 Å². The Hall–Kier alpha value is -1.10. The first kappa shape index (κ1) is 16.9. The van der Waals surface area contributed by atoms with Crippen molar-refractivity contribution in [1.29, 1.82) is 0 Å². The molecule has 0 aromatic rings. The molecule has 5 nitrogen and oxygen atoms in total. The number of carbonyl (C=O) groups excluding carboxylic acids is 1. The topological polar surface area (TPSA) is 92.4 Å². The Bertz CT molecular complexity index is 292. The van der Waals surface area contributed by atoms with Crippen LogP contribution < -0.4 is 11.1 Å². The van der Waals surface area contributed by atoms with Crippen LogP contribution in [0.2, 0.25) is 0 Å². The SMILES string of the molecule is CCCC(C)(NC(=O)C(CN)CC(C)C)C(=O)O. The lowest BCUT2D eigenvalue weighted by atomic mass is 9.92. The van der Waals surface area contributed by atoms with Gasteiger partial charge in [-0.05, 0) is 25.7 Å². The normalized spacial score (nSPS) is 16.1. The molecular weight excluding hydrogens is 232 g/mol. The molecule has 2 unspecified atom stereocenters. The van der Waals surface area contributed by atoms with Gasteiger partial charge < -0.3 is 16.2 Å². The van der Waals surface area contributed by atoms with E-state index in [1.54, 1.807) is 6.92 Å². The van der Waals surface area contributed by atoms with Crippen LogP contribution in [0.3, 0.4) is 0 Å². The fourth-order valence-corrected chi connectivity index (χ4v) is 1.98. The van der Waals surface area contributed by atoms with Crippen molar-refractivity contribution in [3.05, 3.63) is 0 Å². The number of carbonyl (C=O) groups is 2. The van der Waals surface area contributed by atoms with Crippen molar-refractivity contribution in [3.63, 3.8) is 0 Å². The van der Waals surface area contributed by atoms with E-state index in [1.807, 2.05) is 20.8 Å². The van der Waals surface area contributed by atoms with Crippen molar-refractivity contribution in [2.24, 2.45) is 17.6 Å². The summed E-state index contributed by atoms with van der Waals surface area (Å²) in [7, 11) is 0. The highest BCUT2D eigenvalue weighted by Crippen LogP contribution is 2.16. The maximum Gasteiger partial charge on any atom is 0.329 e. The summed E-state index contributed by atoms with van der Waals surface area (Å²) < 4.78 is 0. The van der Waals surface area contributed by atoms with Crippen LogP contribution in [0, 0.1) is 11.8 Å². The van der Waals surface area contributed by atoms with Crippen molar-refractivity contribution in [3.8, 4) is 0 Å². The monoisotopic (exact) mass is 258 g/mol. The van der Waals surface area contributed by atoms with Crippen LogP contribution in [0.25, 0.3) is 0 Å². The second-order valence-electron chi connectivity index (χ2n) is 5.44. The minimum absolute atomic E-state index is 0.242. The van der Waals surface area contributed by atoms with Gasteiger partial charge in [0.15, 0.2) is 0 Å². The van der Waals surface area contributed by atoms with Gasteiger partial charge in [0.1, 0.15) is 5.54 Å². The Morgan fingerprint density at radius 2 is 1.94 bits per heavy atom. The fraction of sp³-hybridized carbons (Fsp3) is 0.846. The van der Waals surface area contributed by atoms with Gasteiger partial charge in [0, 0.05) is 6.54 Å². The fourth-order valence-electron chi connectivity index (χ4n) is 1.98. The molecule has 0 fully saturated rings. The lowest BCUT2D eigenvalue weighted by molar-refractivity contribution is -0.148. The van der Waals surface area contributed by atoms with Gasteiger partial charge in [-0.25, -0.2) is 4.79 Å². The number of amides is 1. The number of hydrogen-bond donors (Lipinski definition) is 3. The predicted octanol–water partition coefficient (Wildman–Crippen LogP) is 1.37. The molecule has 0 spiro atoms. The summed E-state index contributed by atoms with van der Waals surface area (Å²) in [5, 5.41) is 11.8. The summed E-state index contributed by atoms with van der Waals surface area (Å²) in [5.41, 5.74) is 4.38. The third-order valence-electron chi connectivity index (χ3n) is 3.03. The van der Waals surface area contributed by atoms with Gasteiger partial charge in [0.25, 0.3) is 0 Å². The molecule has 0 aliphatic rings. The van der Waals surface area contributed by atoms with Gasteiger partial charge in [0.05, 0.1) is 5.92 Å². The number of hydrogen-bond acceptors (Lipinski definition) is 3. The van der Waals surface area contributed by atoms with Gasteiger partial charge >= 0.3 is 5.97 Å². The second-order valence-corrected chi connectivity index (χ2v) is 5.44. The minimum atomic E-state index is -1.20. The van der Waals surface area contributed by atoms with E-state index in [2.05, 4.69) is 5.32 Å². The average Bonchev–Trinajstić information content (AvgIpc) is 2.25. The Labute approximate surface area is 109 Å². The van der Waals surface area contributed by atoms with E-state index >= 15 is 0 Å². The van der Waals surface area contributed by atoms with Crippen LogP contribution in [0.5, 0.6) is 0 Å². The van der Waals surface area contributed by atoms with E-state index in [0.717, 1.165) is 0 Å². The van der Waals surface area contributed by atoms with Crippen LogP contribution in [0.15, 0.2) is 0 Å². The van der Waals surface area contributed by atoms with Gasteiger partial charge in [-0.1, -0.05) is 27.2 Å². The van der Waals surface area contributed by atoms with Crippen molar-refractivity contribution >= 4 is 11.9 Å².